The maximum Gasteiger partial charge on any atom is 0.410 e. The largest absolute Gasteiger partial charge is 0.425 e. The molecule has 1 atom stereocenters. The van der Waals surface area contributed by atoms with Crippen LogP contribution < -0.4 is 5.32 Å². The lowest BCUT2D eigenvalue weighted by molar-refractivity contribution is -0.178. The maximum atomic E-state index is 11.5. The lowest BCUT2D eigenvalue weighted by Crippen LogP contribution is -2.37. The standard InChI is InChI=1S/C12H22NO7P/c1-7(2)10(15)19-11(8(3)4)20-12(16)13-5-9(14)6-21(17)18/h7-8,11,17-18H,5-6H2,1-4H3,(H,13,16)/t11-/m0/s1. The number of rotatable bonds is 8. The Hall–Kier alpha value is -1.24. The first-order chi connectivity index (χ1) is 9.63. The third-order valence-electron chi connectivity index (χ3n) is 2.22. The van der Waals surface area contributed by atoms with Crippen molar-refractivity contribution < 1.29 is 33.6 Å². The first-order valence-corrected chi connectivity index (χ1v) is 7.88. The molecule has 0 radical (unpaired) electrons. The van der Waals surface area contributed by atoms with E-state index >= 15 is 0 Å². The van der Waals surface area contributed by atoms with Crippen LogP contribution in [0.25, 0.3) is 0 Å². The molecule has 0 unspecified atom stereocenters. The molecular formula is C12H22NO7P. The van der Waals surface area contributed by atoms with Gasteiger partial charge in [-0.15, -0.1) is 0 Å². The molecule has 0 aromatic heterocycles. The van der Waals surface area contributed by atoms with E-state index < -0.39 is 38.7 Å². The predicted molar refractivity (Wildman–Crippen MR) is 75.3 cm³/mol. The van der Waals surface area contributed by atoms with Gasteiger partial charge < -0.3 is 24.6 Å². The van der Waals surface area contributed by atoms with Crippen LogP contribution in [0.4, 0.5) is 4.79 Å². The molecule has 0 saturated carbocycles. The Balaban J connectivity index is 4.30. The number of Topliss-reactive ketones (excluding diaryl/α,β-unsaturated/α-hetero) is 1. The second-order valence-electron chi connectivity index (χ2n) is 5.03. The molecule has 8 nitrogen and oxygen atoms in total. The molecule has 0 aliphatic carbocycles. The molecule has 0 spiro atoms. The smallest absolute Gasteiger partial charge is 0.410 e. The van der Waals surface area contributed by atoms with Crippen molar-refractivity contribution in [2.45, 2.75) is 34.0 Å². The summed E-state index contributed by atoms with van der Waals surface area (Å²) in [7, 11) is -2.33. The summed E-state index contributed by atoms with van der Waals surface area (Å²) in [6.07, 6.45) is -2.40. The predicted octanol–water partition coefficient (Wildman–Crippen LogP) is 0.759. The number of ether oxygens (including phenoxy) is 2. The van der Waals surface area contributed by atoms with Crippen molar-refractivity contribution in [2.24, 2.45) is 11.8 Å². The van der Waals surface area contributed by atoms with E-state index in [-0.39, 0.29) is 18.4 Å². The van der Waals surface area contributed by atoms with E-state index in [9.17, 15) is 14.4 Å². The van der Waals surface area contributed by atoms with Crippen LogP contribution in [0.15, 0.2) is 0 Å². The van der Waals surface area contributed by atoms with Gasteiger partial charge in [-0.2, -0.15) is 0 Å². The average Bonchev–Trinajstić information content (AvgIpc) is 2.34. The molecule has 0 bridgehead atoms. The number of amides is 1. The molecule has 0 aliphatic rings. The van der Waals surface area contributed by atoms with Crippen LogP contribution in [0, 0.1) is 11.8 Å². The fourth-order valence-electron chi connectivity index (χ4n) is 1.08. The summed E-state index contributed by atoms with van der Waals surface area (Å²) in [6, 6.07) is 0. The van der Waals surface area contributed by atoms with Crippen LogP contribution in [-0.4, -0.2) is 46.6 Å². The van der Waals surface area contributed by atoms with E-state index in [2.05, 4.69) is 5.32 Å². The van der Waals surface area contributed by atoms with Crippen molar-refractivity contribution in [2.75, 3.05) is 12.7 Å². The summed E-state index contributed by atoms with van der Waals surface area (Å²) in [5, 5.41) is 2.16. The number of nitrogens with one attached hydrogen (secondary N) is 1. The molecule has 21 heavy (non-hydrogen) atoms. The minimum absolute atomic E-state index is 0.253. The van der Waals surface area contributed by atoms with Gasteiger partial charge in [0.05, 0.1) is 18.6 Å². The minimum Gasteiger partial charge on any atom is -0.425 e. The summed E-state index contributed by atoms with van der Waals surface area (Å²) < 4.78 is 9.95. The molecule has 3 N–H and O–H groups in total. The number of hydrogen-bond donors (Lipinski definition) is 3. The Bertz CT molecular complexity index is 371. The molecule has 0 heterocycles. The highest BCUT2D eigenvalue weighted by Crippen LogP contribution is 2.21. The third-order valence-corrected chi connectivity index (χ3v) is 2.85. The first-order valence-electron chi connectivity index (χ1n) is 6.45. The number of esters is 1. The zero-order chi connectivity index (χ0) is 16.6. The zero-order valence-electron chi connectivity index (χ0n) is 12.5. The monoisotopic (exact) mass is 323 g/mol. The van der Waals surface area contributed by atoms with E-state index in [1.165, 1.54) is 0 Å². The number of hydrogen-bond acceptors (Lipinski definition) is 7. The van der Waals surface area contributed by atoms with Gasteiger partial charge in [-0.25, -0.2) is 4.79 Å². The van der Waals surface area contributed by atoms with Crippen LogP contribution in [0.3, 0.4) is 0 Å². The van der Waals surface area contributed by atoms with E-state index in [0.717, 1.165) is 0 Å². The van der Waals surface area contributed by atoms with Gasteiger partial charge in [-0.3, -0.25) is 9.59 Å². The highest BCUT2D eigenvalue weighted by atomic mass is 31.2. The highest BCUT2D eigenvalue weighted by Gasteiger charge is 2.24. The average molecular weight is 323 g/mol. The molecule has 122 valence electrons. The number of carbonyl (C=O) groups excluding carboxylic acids is 3. The van der Waals surface area contributed by atoms with Crippen LogP contribution in [-0.2, 0) is 19.1 Å². The SMILES string of the molecule is CC(C)C(=O)O[C@@H](OC(=O)NCC(=O)CP(O)O)C(C)C. The second kappa shape index (κ2) is 9.65. The Kier molecular flexibility index (Phi) is 9.08. The molecule has 0 aromatic carbocycles. The normalized spacial score (nSPS) is 12.4. The van der Waals surface area contributed by atoms with Gasteiger partial charge in [-0.1, -0.05) is 27.7 Å². The Morgan fingerprint density at radius 2 is 1.67 bits per heavy atom. The molecule has 0 aromatic rings. The van der Waals surface area contributed by atoms with Crippen LogP contribution in [0.5, 0.6) is 0 Å². The maximum absolute atomic E-state index is 11.5. The molecule has 0 fully saturated rings. The third kappa shape index (κ3) is 9.33. The molecular weight excluding hydrogens is 301 g/mol. The van der Waals surface area contributed by atoms with Gasteiger partial charge in [0.2, 0.25) is 0 Å². The molecule has 0 rings (SSSR count). The van der Waals surface area contributed by atoms with E-state index in [0.29, 0.717) is 0 Å². The van der Waals surface area contributed by atoms with Crippen LogP contribution in [0.2, 0.25) is 0 Å². The van der Waals surface area contributed by atoms with Crippen molar-refractivity contribution in [3.05, 3.63) is 0 Å². The van der Waals surface area contributed by atoms with E-state index in [1.54, 1.807) is 27.7 Å². The Morgan fingerprint density at radius 3 is 2.10 bits per heavy atom. The van der Waals surface area contributed by atoms with Gasteiger partial charge in [-0.05, 0) is 0 Å². The quantitative estimate of drug-likeness (QED) is 0.342. The molecule has 0 aliphatic heterocycles. The second-order valence-corrected chi connectivity index (χ2v) is 6.09. The Morgan fingerprint density at radius 1 is 1.10 bits per heavy atom. The van der Waals surface area contributed by atoms with Crippen molar-refractivity contribution in [1.29, 1.82) is 0 Å². The summed E-state index contributed by atoms with van der Waals surface area (Å²) in [5.41, 5.74) is 0. The number of alkyl carbamates (subject to hydrolysis) is 1. The molecule has 1 amide bonds. The van der Waals surface area contributed by atoms with E-state index in [1.807, 2.05) is 0 Å². The van der Waals surface area contributed by atoms with E-state index in [4.69, 9.17) is 19.3 Å². The summed E-state index contributed by atoms with van der Waals surface area (Å²) in [4.78, 5) is 51.5. The van der Waals surface area contributed by atoms with Crippen molar-refractivity contribution >= 4 is 26.2 Å². The van der Waals surface area contributed by atoms with Gasteiger partial charge >= 0.3 is 12.1 Å². The van der Waals surface area contributed by atoms with Crippen molar-refractivity contribution in [3.63, 3.8) is 0 Å². The minimum atomic E-state index is -2.33. The van der Waals surface area contributed by atoms with Crippen molar-refractivity contribution in [1.82, 2.24) is 5.32 Å². The summed E-state index contributed by atoms with van der Waals surface area (Å²) >= 11 is 0. The molecule has 0 saturated heterocycles. The lowest BCUT2D eigenvalue weighted by atomic mass is 10.2. The topological polar surface area (TPSA) is 122 Å². The lowest BCUT2D eigenvalue weighted by Gasteiger charge is -2.22. The fraction of sp³-hybridized carbons (Fsp3) is 0.750. The highest BCUT2D eigenvalue weighted by molar-refractivity contribution is 7.46. The molecule has 9 heteroatoms. The number of ketones is 1. The fourth-order valence-corrected chi connectivity index (χ4v) is 1.51. The first kappa shape index (κ1) is 19.8. The number of carbonyl (C=O) groups is 3. The van der Waals surface area contributed by atoms with Crippen molar-refractivity contribution in [3.8, 4) is 0 Å². The van der Waals surface area contributed by atoms with Crippen LogP contribution in [0.1, 0.15) is 27.7 Å². The van der Waals surface area contributed by atoms with Gasteiger partial charge in [0.25, 0.3) is 6.29 Å². The zero-order valence-corrected chi connectivity index (χ0v) is 13.4. The van der Waals surface area contributed by atoms with Crippen LogP contribution >= 0.6 is 8.38 Å². The summed E-state index contributed by atoms with van der Waals surface area (Å²) in [5.74, 6) is -1.64. The van der Waals surface area contributed by atoms with Gasteiger partial charge in [0, 0.05) is 5.92 Å². The summed E-state index contributed by atoms with van der Waals surface area (Å²) in [6.45, 7) is 6.34. The van der Waals surface area contributed by atoms with Gasteiger partial charge in [0.1, 0.15) is 0 Å². The Labute approximate surface area is 124 Å². The van der Waals surface area contributed by atoms with Gasteiger partial charge in [0.15, 0.2) is 14.2 Å².